The topological polar surface area (TPSA) is 49.3 Å². The largest absolute Gasteiger partial charge is 0.480 e. The number of unbranched alkanes of at least 4 members (excludes halogenated alkanes) is 2. The Morgan fingerprint density at radius 1 is 1.32 bits per heavy atom. The van der Waals surface area contributed by atoms with Gasteiger partial charge in [0.05, 0.1) is 0 Å². The number of carbonyl (C=O) groups is 1. The number of hydrogen-bond donors (Lipinski definition) is 2. The van der Waals surface area contributed by atoms with Gasteiger partial charge in [-0.05, 0) is 30.4 Å². The molecule has 0 saturated carbocycles. The molecule has 2 N–H and O–H groups in total. The van der Waals surface area contributed by atoms with Crippen LogP contribution in [0.25, 0.3) is 5.70 Å². The van der Waals surface area contributed by atoms with E-state index in [1.54, 1.807) is 0 Å². The van der Waals surface area contributed by atoms with Crippen LogP contribution in [0.2, 0.25) is 0 Å². The molecule has 1 atom stereocenters. The van der Waals surface area contributed by atoms with Gasteiger partial charge in [-0.15, -0.1) is 0 Å². The van der Waals surface area contributed by atoms with Crippen molar-refractivity contribution in [2.24, 2.45) is 0 Å². The third kappa shape index (κ3) is 3.60. The number of carboxylic acid groups (broad SMARTS) is 1. The molecule has 0 amide bonds. The highest BCUT2D eigenvalue weighted by molar-refractivity contribution is 5.80. The Kier molecular flexibility index (Phi) is 4.61. The molecule has 1 aromatic carbocycles. The van der Waals surface area contributed by atoms with Crippen molar-refractivity contribution in [3.8, 4) is 0 Å². The molecule has 1 unspecified atom stereocenters. The predicted molar refractivity (Wildman–Crippen MR) is 76.8 cm³/mol. The van der Waals surface area contributed by atoms with Crippen molar-refractivity contribution in [2.75, 3.05) is 0 Å². The number of carboxylic acids is 1. The molecule has 0 fully saturated rings. The van der Waals surface area contributed by atoms with Crippen LogP contribution in [0.5, 0.6) is 0 Å². The van der Waals surface area contributed by atoms with Crippen molar-refractivity contribution >= 4 is 11.7 Å². The van der Waals surface area contributed by atoms with Crippen LogP contribution in [-0.4, -0.2) is 17.1 Å². The summed E-state index contributed by atoms with van der Waals surface area (Å²) in [7, 11) is 0. The number of benzene rings is 1. The Bertz CT molecular complexity index is 462. The van der Waals surface area contributed by atoms with E-state index in [2.05, 4.69) is 36.5 Å². The first-order valence-electron chi connectivity index (χ1n) is 6.99. The summed E-state index contributed by atoms with van der Waals surface area (Å²) in [6.45, 7) is 2.21. The average molecular weight is 259 g/mol. The standard InChI is InChI=1S/C16H21NO2/c1-2-3-4-5-12-6-8-13(9-7-12)14-10-11-15(17-14)16(18)19/h6-10,15,17H,2-5,11H2,1H3,(H,18,19). The first-order chi connectivity index (χ1) is 9.20. The fourth-order valence-electron chi connectivity index (χ4n) is 2.34. The summed E-state index contributed by atoms with van der Waals surface area (Å²) in [5.41, 5.74) is 3.36. The van der Waals surface area contributed by atoms with Crippen molar-refractivity contribution in [1.29, 1.82) is 0 Å². The van der Waals surface area contributed by atoms with Crippen molar-refractivity contribution in [3.63, 3.8) is 0 Å². The molecule has 0 saturated heterocycles. The van der Waals surface area contributed by atoms with Gasteiger partial charge in [0.25, 0.3) is 0 Å². The van der Waals surface area contributed by atoms with E-state index >= 15 is 0 Å². The smallest absolute Gasteiger partial charge is 0.326 e. The van der Waals surface area contributed by atoms with Gasteiger partial charge in [-0.1, -0.05) is 50.1 Å². The van der Waals surface area contributed by atoms with Crippen LogP contribution in [0, 0.1) is 0 Å². The third-order valence-corrected chi connectivity index (χ3v) is 3.52. The molecule has 1 aromatic rings. The fourth-order valence-corrected chi connectivity index (χ4v) is 2.34. The van der Waals surface area contributed by atoms with Crippen LogP contribution in [-0.2, 0) is 11.2 Å². The van der Waals surface area contributed by atoms with Gasteiger partial charge in [0.2, 0.25) is 0 Å². The van der Waals surface area contributed by atoms with Crippen LogP contribution in [0.4, 0.5) is 0 Å². The van der Waals surface area contributed by atoms with E-state index in [0.717, 1.165) is 17.7 Å². The van der Waals surface area contributed by atoms with E-state index in [4.69, 9.17) is 5.11 Å². The summed E-state index contributed by atoms with van der Waals surface area (Å²) in [5.74, 6) is -0.789. The lowest BCUT2D eigenvalue weighted by atomic mass is 10.0. The molecule has 0 spiro atoms. The SMILES string of the molecule is CCCCCc1ccc(C2=CCC(C(=O)O)N2)cc1. The zero-order valence-corrected chi connectivity index (χ0v) is 11.4. The number of hydrogen-bond acceptors (Lipinski definition) is 2. The molecule has 0 aliphatic carbocycles. The summed E-state index contributed by atoms with van der Waals surface area (Å²) in [6.07, 6.45) is 7.39. The minimum atomic E-state index is -0.789. The van der Waals surface area contributed by atoms with Crippen molar-refractivity contribution < 1.29 is 9.90 Å². The van der Waals surface area contributed by atoms with E-state index in [1.807, 2.05) is 6.08 Å². The summed E-state index contributed by atoms with van der Waals surface area (Å²) in [5, 5.41) is 12.0. The van der Waals surface area contributed by atoms with E-state index in [9.17, 15) is 4.79 Å². The molecule has 1 aliphatic rings. The van der Waals surface area contributed by atoms with Crippen LogP contribution in [0.15, 0.2) is 30.3 Å². The zero-order valence-electron chi connectivity index (χ0n) is 11.4. The van der Waals surface area contributed by atoms with Crippen LogP contribution in [0.3, 0.4) is 0 Å². The minimum Gasteiger partial charge on any atom is -0.480 e. The summed E-state index contributed by atoms with van der Waals surface area (Å²) in [6, 6.07) is 7.96. The maximum Gasteiger partial charge on any atom is 0.326 e. The Hall–Kier alpha value is -1.77. The van der Waals surface area contributed by atoms with Crippen LogP contribution in [0.1, 0.15) is 43.7 Å². The molecule has 1 heterocycles. The normalized spacial score (nSPS) is 17.9. The van der Waals surface area contributed by atoms with E-state index in [0.29, 0.717) is 6.42 Å². The lowest BCUT2D eigenvalue weighted by molar-refractivity contribution is -0.138. The van der Waals surface area contributed by atoms with Gasteiger partial charge in [0.1, 0.15) is 6.04 Å². The monoisotopic (exact) mass is 259 g/mol. The molecule has 102 valence electrons. The molecule has 1 aliphatic heterocycles. The maximum absolute atomic E-state index is 10.9. The van der Waals surface area contributed by atoms with Gasteiger partial charge in [0, 0.05) is 5.70 Å². The Labute approximate surface area is 114 Å². The Balaban J connectivity index is 1.94. The van der Waals surface area contributed by atoms with Crippen molar-refractivity contribution in [2.45, 2.75) is 45.1 Å². The highest BCUT2D eigenvalue weighted by Crippen LogP contribution is 2.20. The molecule has 3 heteroatoms. The molecule has 19 heavy (non-hydrogen) atoms. The summed E-state index contributed by atoms with van der Waals surface area (Å²) < 4.78 is 0. The van der Waals surface area contributed by atoms with Gasteiger partial charge in [0.15, 0.2) is 0 Å². The van der Waals surface area contributed by atoms with E-state index < -0.39 is 12.0 Å². The lowest BCUT2D eigenvalue weighted by Gasteiger charge is -2.10. The molecule has 0 bridgehead atoms. The molecular weight excluding hydrogens is 238 g/mol. The fraction of sp³-hybridized carbons (Fsp3) is 0.438. The zero-order chi connectivity index (χ0) is 13.7. The minimum absolute atomic E-state index is 0.473. The highest BCUT2D eigenvalue weighted by Gasteiger charge is 2.22. The van der Waals surface area contributed by atoms with Gasteiger partial charge >= 0.3 is 5.97 Å². The first-order valence-corrected chi connectivity index (χ1v) is 6.99. The molecule has 2 rings (SSSR count). The van der Waals surface area contributed by atoms with Gasteiger partial charge in [-0.25, -0.2) is 4.79 Å². The van der Waals surface area contributed by atoms with E-state index in [-0.39, 0.29) is 0 Å². The molecule has 0 aromatic heterocycles. The second-order valence-electron chi connectivity index (χ2n) is 5.04. The van der Waals surface area contributed by atoms with Crippen LogP contribution < -0.4 is 5.32 Å². The van der Waals surface area contributed by atoms with Crippen LogP contribution >= 0.6 is 0 Å². The first kappa shape index (κ1) is 13.7. The van der Waals surface area contributed by atoms with Crippen molar-refractivity contribution in [1.82, 2.24) is 5.32 Å². The molecule has 0 radical (unpaired) electrons. The maximum atomic E-state index is 10.9. The predicted octanol–water partition coefficient (Wildman–Crippen LogP) is 3.21. The van der Waals surface area contributed by atoms with Gasteiger partial charge < -0.3 is 10.4 Å². The Morgan fingerprint density at radius 3 is 2.63 bits per heavy atom. The number of rotatable bonds is 6. The van der Waals surface area contributed by atoms with Crippen molar-refractivity contribution in [3.05, 3.63) is 41.5 Å². The van der Waals surface area contributed by atoms with E-state index in [1.165, 1.54) is 24.8 Å². The average Bonchev–Trinajstić information content (AvgIpc) is 2.90. The highest BCUT2D eigenvalue weighted by atomic mass is 16.4. The third-order valence-electron chi connectivity index (χ3n) is 3.52. The number of nitrogens with one attached hydrogen (secondary N) is 1. The Morgan fingerprint density at radius 2 is 2.05 bits per heavy atom. The summed E-state index contributed by atoms with van der Waals surface area (Å²) in [4.78, 5) is 10.9. The second kappa shape index (κ2) is 6.41. The second-order valence-corrected chi connectivity index (χ2v) is 5.04. The lowest BCUT2D eigenvalue weighted by Crippen LogP contribution is -2.30. The van der Waals surface area contributed by atoms with Gasteiger partial charge in [-0.2, -0.15) is 0 Å². The number of aliphatic carboxylic acids is 1. The number of aryl methyl sites for hydroxylation is 1. The quantitative estimate of drug-likeness (QED) is 0.771. The van der Waals surface area contributed by atoms with Gasteiger partial charge in [-0.3, -0.25) is 0 Å². The summed E-state index contributed by atoms with van der Waals surface area (Å²) >= 11 is 0. The molecular formula is C16H21NO2. The molecule has 3 nitrogen and oxygen atoms in total.